The molecule has 1 rings (SSSR count). The van der Waals surface area contributed by atoms with Crippen LogP contribution >= 0.6 is 12.2 Å². The average molecular weight is 272 g/mol. The molecular formula is C11H20N4O2S. The first-order chi connectivity index (χ1) is 8.41. The molecule has 0 radical (unpaired) electrons. The van der Waals surface area contributed by atoms with Crippen molar-refractivity contribution in [3.8, 4) is 0 Å². The number of hydrazine groups is 1. The lowest BCUT2D eigenvalue weighted by atomic mass is 10.00. The number of thiocarbonyl (C=S) groups is 1. The van der Waals surface area contributed by atoms with E-state index in [1.807, 2.05) is 18.9 Å². The van der Waals surface area contributed by atoms with Crippen LogP contribution in [0.3, 0.4) is 0 Å². The van der Waals surface area contributed by atoms with Gasteiger partial charge in [0.1, 0.15) is 0 Å². The number of nitrogens with two attached hydrogens (primary N) is 1. The summed E-state index contributed by atoms with van der Waals surface area (Å²) in [6.45, 7) is 4.10. The van der Waals surface area contributed by atoms with Crippen LogP contribution in [0.2, 0.25) is 0 Å². The van der Waals surface area contributed by atoms with Gasteiger partial charge >= 0.3 is 11.8 Å². The SMILES string of the molecule is CC1CCCC(C)N1NC(=O)C(=O)NCC(N)=S. The zero-order valence-electron chi connectivity index (χ0n) is 10.7. The van der Waals surface area contributed by atoms with Gasteiger partial charge in [0.2, 0.25) is 0 Å². The summed E-state index contributed by atoms with van der Waals surface area (Å²) in [5.41, 5.74) is 7.88. The summed E-state index contributed by atoms with van der Waals surface area (Å²) in [7, 11) is 0. The van der Waals surface area contributed by atoms with Crippen LogP contribution in [0.4, 0.5) is 0 Å². The first kappa shape index (κ1) is 14.8. The maximum Gasteiger partial charge on any atom is 0.323 e. The first-order valence-electron chi connectivity index (χ1n) is 6.07. The number of nitrogens with one attached hydrogen (secondary N) is 2. The van der Waals surface area contributed by atoms with Gasteiger partial charge in [0.05, 0.1) is 11.5 Å². The van der Waals surface area contributed by atoms with Crippen molar-refractivity contribution < 1.29 is 9.59 Å². The van der Waals surface area contributed by atoms with Crippen LogP contribution in [-0.2, 0) is 9.59 Å². The molecule has 0 aromatic heterocycles. The predicted molar refractivity (Wildman–Crippen MR) is 72.6 cm³/mol. The average Bonchev–Trinajstić information content (AvgIpc) is 2.30. The largest absolute Gasteiger partial charge is 0.392 e. The van der Waals surface area contributed by atoms with Gasteiger partial charge < -0.3 is 11.1 Å². The molecule has 18 heavy (non-hydrogen) atoms. The van der Waals surface area contributed by atoms with E-state index in [0.29, 0.717) is 0 Å². The van der Waals surface area contributed by atoms with Crippen molar-refractivity contribution in [3.63, 3.8) is 0 Å². The second-order valence-corrected chi connectivity index (χ2v) is 5.15. The molecule has 2 amide bonds. The van der Waals surface area contributed by atoms with Gasteiger partial charge in [0, 0.05) is 12.1 Å². The second-order valence-electron chi connectivity index (χ2n) is 4.63. The van der Waals surface area contributed by atoms with Gasteiger partial charge in [-0.1, -0.05) is 18.6 Å². The van der Waals surface area contributed by atoms with Crippen molar-refractivity contribution >= 4 is 29.0 Å². The summed E-state index contributed by atoms with van der Waals surface area (Å²) in [5.74, 6) is -1.39. The minimum atomic E-state index is -0.715. The molecule has 0 aromatic rings. The number of hydrogen-bond acceptors (Lipinski definition) is 4. The van der Waals surface area contributed by atoms with Crippen LogP contribution in [0.25, 0.3) is 0 Å². The normalized spacial score (nSPS) is 24.3. The first-order valence-corrected chi connectivity index (χ1v) is 6.48. The molecule has 0 spiro atoms. The monoisotopic (exact) mass is 272 g/mol. The van der Waals surface area contributed by atoms with Gasteiger partial charge in [-0.3, -0.25) is 15.0 Å². The molecule has 7 heteroatoms. The molecule has 0 aromatic carbocycles. The molecule has 0 aliphatic carbocycles. The number of rotatable bonds is 3. The molecule has 4 N–H and O–H groups in total. The smallest absolute Gasteiger partial charge is 0.323 e. The third kappa shape index (κ3) is 4.23. The Labute approximate surface area is 112 Å². The Morgan fingerprint density at radius 1 is 1.28 bits per heavy atom. The molecular weight excluding hydrogens is 252 g/mol. The van der Waals surface area contributed by atoms with Gasteiger partial charge in [-0.05, 0) is 26.7 Å². The number of carbonyl (C=O) groups excluding carboxylic acids is 2. The van der Waals surface area contributed by atoms with Crippen molar-refractivity contribution in [1.29, 1.82) is 0 Å². The van der Waals surface area contributed by atoms with Crippen LogP contribution < -0.4 is 16.5 Å². The lowest BCUT2D eigenvalue weighted by Crippen LogP contribution is -2.57. The Balaban J connectivity index is 2.47. The summed E-state index contributed by atoms with van der Waals surface area (Å²) >= 11 is 4.62. The Morgan fingerprint density at radius 3 is 2.33 bits per heavy atom. The van der Waals surface area contributed by atoms with E-state index in [1.165, 1.54) is 0 Å². The Hall–Kier alpha value is -1.21. The molecule has 1 fully saturated rings. The lowest BCUT2D eigenvalue weighted by molar-refractivity contribution is -0.144. The highest BCUT2D eigenvalue weighted by Crippen LogP contribution is 2.19. The number of nitrogens with zero attached hydrogens (tertiary/aromatic N) is 1. The van der Waals surface area contributed by atoms with E-state index in [2.05, 4.69) is 23.0 Å². The van der Waals surface area contributed by atoms with Crippen LogP contribution in [0, 0.1) is 0 Å². The summed E-state index contributed by atoms with van der Waals surface area (Å²) in [5, 5.41) is 4.20. The lowest BCUT2D eigenvalue weighted by Gasteiger charge is -2.38. The molecule has 6 nitrogen and oxygen atoms in total. The van der Waals surface area contributed by atoms with Crippen LogP contribution in [0.15, 0.2) is 0 Å². The number of hydrogen-bond donors (Lipinski definition) is 3. The summed E-state index contributed by atoms with van der Waals surface area (Å²) < 4.78 is 0. The minimum Gasteiger partial charge on any atom is -0.392 e. The fraction of sp³-hybridized carbons (Fsp3) is 0.727. The molecule has 0 saturated carbocycles. The van der Waals surface area contributed by atoms with Crippen LogP contribution in [0.5, 0.6) is 0 Å². The molecule has 0 bridgehead atoms. The molecule has 2 unspecified atom stereocenters. The predicted octanol–water partition coefficient (Wildman–Crippen LogP) is -0.317. The van der Waals surface area contributed by atoms with Crippen molar-refractivity contribution in [2.45, 2.75) is 45.2 Å². The zero-order valence-corrected chi connectivity index (χ0v) is 11.5. The minimum absolute atomic E-state index is 0.0344. The van der Waals surface area contributed by atoms with Crippen molar-refractivity contribution in [3.05, 3.63) is 0 Å². The van der Waals surface area contributed by atoms with Crippen molar-refractivity contribution in [2.24, 2.45) is 5.73 Å². The van der Waals surface area contributed by atoms with E-state index < -0.39 is 11.8 Å². The third-order valence-corrected chi connectivity index (χ3v) is 3.20. The van der Waals surface area contributed by atoms with Gasteiger partial charge in [-0.15, -0.1) is 0 Å². The molecule has 1 heterocycles. The highest BCUT2D eigenvalue weighted by atomic mass is 32.1. The molecule has 1 saturated heterocycles. The van der Waals surface area contributed by atoms with Crippen molar-refractivity contribution in [1.82, 2.24) is 15.8 Å². The Kier molecular flexibility index (Phi) is 5.49. The van der Waals surface area contributed by atoms with E-state index in [1.54, 1.807) is 0 Å². The summed E-state index contributed by atoms with van der Waals surface area (Å²) in [6.07, 6.45) is 3.17. The molecule has 1 aliphatic rings. The second kappa shape index (κ2) is 6.65. The van der Waals surface area contributed by atoms with E-state index in [-0.39, 0.29) is 23.6 Å². The van der Waals surface area contributed by atoms with Gasteiger partial charge in [-0.2, -0.15) is 0 Å². The summed E-state index contributed by atoms with van der Waals surface area (Å²) in [6, 6.07) is 0.474. The van der Waals surface area contributed by atoms with E-state index in [4.69, 9.17) is 5.73 Å². The van der Waals surface area contributed by atoms with E-state index >= 15 is 0 Å². The molecule has 102 valence electrons. The van der Waals surface area contributed by atoms with E-state index in [0.717, 1.165) is 19.3 Å². The van der Waals surface area contributed by atoms with Crippen molar-refractivity contribution in [2.75, 3.05) is 6.54 Å². The highest BCUT2D eigenvalue weighted by Gasteiger charge is 2.27. The molecule has 1 aliphatic heterocycles. The maximum absolute atomic E-state index is 11.7. The molecule has 2 atom stereocenters. The summed E-state index contributed by atoms with van der Waals surface area (Å²) in [4.78, 5) is 23.3. The van der Waals surface area contributed by atoms with Crippen LogP contribution in [-0.4, -0.2) is 40.4 Å². The maximum atomic E-state index is 11.7. The van der Waals surface area contributed by atoms with Gasteiger partial charge in [0.15, 0.2) is 0 Å². The number of piperidine rings is 1. The third-order valence-electron chi connectivity index (χ3n) is 3.05. The number of carbonyl (C=O) groups is 2. The fourth-order valence-electron chi connectivity index (χ4n) is 2.06. The van der Waals surface area contributed by atoms with Gasteiger partial charge in [0.25, 0.3) is 0 Å². The fourth-order valence-corrected chi connectivity index (χ4v) is 2.13. The zero-order chi connectivity index (χ0) is 13.7. The highest BCUT2D eigenvalue weighted by molar-refractivity contribution is 7.80. The number of amides is 2. The quantitative estimate of drug-likeness (QED) is 0.484. The van der Waals surface area contributed by atoms with Crippen LogP contribution in [0.1, 0.15) is 33.1 Å². The Bertz CT molecular complexity index is 338. The topological polar surface area (TPSA) is 87.5 Å². The van der Waals surface area contributed by atoms with E-state index in [9.17, 15) is 9.59 Å². The van der Waals surface area contributed by atoms with Gasteiger partial charge in [-0.25, -0.2) is 5.01 Å². The standard InChI is InChI=1S/C11H20N4O2S/c1-7-4-3-5-8(2)15(7)14-11(17)10(16)13-6-9(12)18/h7-8H,3-6H2,1-2H3,(H2,12,18)(H,13,16)(H,14,17). The Morgan fingerprint density at radius 2 is 1.83 bits per heavy atom.